The largest absolute Gasteiger partial charge is 0.481 e. The van der Waals surface area contributed by atoms with Crippen molar-refractivity contribution in [2.24, 2.45) is 11.8 Å². The van der Waals surface area contributed by atoms with E-state index in [1.54, 1.807) is 33.9 Å². The maximum atomic E-state index is 11.2. The zero-order valence-electron chi connectivity index (χ0n) is 19.2. The molecule has 3 aromatic rings. The minimum absolute atomic E-state index is 0.150. The van der Waals surface area contributed by atoms with E-state index < -0.39 is 36.0 Å². The van der Waals surface area contributed by atoms with Crippen LogP contribution in [-0.4, -0.2) is 84.8 Å². The first kappa shape index (κ1) is 23.9. The van der Waals surface area contributed by atoms with E-state index in [0.29, 0.717) is 48.5 Å². The number of hydrogen-bond donors (Lipinski definition) is 4. The molecule has 14 heteroatoms. The standard InChI is InChI=1S/C22H26N8O6/c31-19-7-11(1-3-13(19)21(33)34)29-9-17(25-27-29)15-5-6-16(24-23-15)18-10-30(28-26-18)12-2-4-14(22(35)36)20(32)8-12/h5-6,9-14,19-20,31-32H,1-4,7-8H2,(H,33,34)(H,35,36). The average molecular weight is 499 g/mol. The summed E-state index contributed by atoms with van der Waals surface area (Å²) in [6, 6.07) is 3.16. The SMILES string of the molecule is O=C(O)C1CCC(n2cc(-c3ccc(-c4cn(C5CCC(C(=O)O)C(O)C5)nn4)nn3)nn2)CC1O. The fraction of sp³-hybridized carbons (Fsp3) is 0.545. The van der Waals surface area contributed by atoms with E-state index in [4.69, 9.17) is 0 Å². The summed E-state index contributed by atoms with van der Waals surface area (Å²) in [4.78, 5) is 22.4. The van der Waals surface area contributed by atoms with Gasteiger partial charge in [0.1, 0.15) is 22.8 Å². The van der Waals surface area contributed by atoms with Gasteiger partial charge < -0.3 is 20.4 Å². The third-order valence-corrected chi connectivity index (χ3v) is 7.17. The lowest BCUT2D eigenvalue weighted by Crippen LogP contribution is -2.35. The van der Waals surface area contributed by atoms with Crippen LogP contribution < -0.4 is 0 Å². The normalized spacial score (nSPS) is 28.6. The van der Waals surface area contributed by atoms with E-state index in [1.165, 1.54) is 0 Å². The van der Waals surface area contributed by atoms with Gasteiger partial charge in [-0.05, 0) is 50.7 Å². The summed E-state index contributed by atoms with van der Waals surface area (Å²) >= 11 is 0. The quantitative estimate of drug-likeness (QED) is 0.368. The van der Waals surface area contributed by atoms with E-state index in [9.17, 15) is 30.0 Å². The van der Waals surface area contributed by atoms with Gasteiger partial charge in [0.15, 0.2) is 0 Å². The van der Waals surface area contributed by atoms with Crippen LogP contribution in [0.25, 0.3) is 22.8 Å². The van der Waals surface area contributed by atoms with Crippen LogP contribution in [0.1, 0.15) is 50.6 Å². The lowest BCUT2D eigenvalue weighted by molar-refractivity contribution is -0.149. The molecule has 190 valence electrons. The molecule has 0 aliphatic heterocycles. The van der Waals surface area contributed by atoms with Gasteiger partial charge in [0, 0.05) is 0 Å². The molecule has 0 spiro atoms. The average Bonchev–Trinajstić information content (AvgIpc) is 3.54. The number of aliphatic hydroxyl groups is 2. The highest BCUT2D eigenvalue weighted by atomic mass is 16.4. The van der Waals surface area contributed by atoms with Gasteiger partial charge >= 0.3 is 11.9 Å². The second-order valence-corrected chi connectivity index (χ2v) is 9.43. The molecular weight excluding hydrogens is 472 g/mol. The number of rotatable bonds is 6. The lowest BCUT2D eigenvalue weighted by Gasteiger charge is -2.30. The topological polar surface area (TPSA) is 202 Å². The van der Waals surface area contributed by atoms with E-state index in [2.05, 4.69) is 30.8 Å². The van der Waals surface area contributed by atoms with Crippen molar-refractivity contribution in [3.05, 3.63) is 24.5 Å². The number of carboxylic acids is 2. The zero-order chi connectivity index (χ0) is 25.4. The number of nitrogens with zero attached hydrogens (tertiary/aromatic N) is 8. The number of aromatic nitrogens is 8. The minimum atomic E-state index is -0.987. The first-order valence-corrected chi connectivity index (χ1v) is 11.8. The van der Waals surface area contributed by atoms with Crippen molar-refractivity contribution < 1.29 is 30.0 Å². The second kappa shape index (κ2) is 9.70. The maximum Gasteiger partial charge on any atom is 0.309 e. The number of aliphatic carboxylic acids is 2. The van der Waals surface area contributed by atoms with Crippen molar-refractivity contribution in [1.82, 2.24) is 40.2 Å². The Bertz CT molecular complexity index is 1150. The number of aliphatic hydroxyl groups excluding tert-OH is 2. The van der Waals surface area contributed by atoms with E-state index in [-0.39, 0.29) is 24.9 Å². The van der Waals surface area contributed by atoms with Gasteiger partial charge in [-0.1, -0.05) is 10.4 Å². The minimum Gasteiger partial charge on any atom is -0.481 e. The molecule has 6 unspecified atom stereocenters. The molecule has 2 saturated carbocycles. The van der Waals surface area contributed by atoms with Gasteiger partial charge in [0.25, 0.3) is 0 Å². The van der Waals surface area contributed by atoms with Gasteiger partial charge in [-0.2, -0.15) is 0 Å². The Morgan fingerprint density at radius 2 is 1.08 bits per heavy atom. The van der Waals surface area contributed by atoms with Crippen molar-refractivity contribution >= 4 is 11.9 Å². The molecule has 3 heterocycles. The first-order chi connectivity index (χ1) is 17.3. The molecule has 0 radical (unpaired) electrons. The molecule has 0 saturated heterocycles. The van der Waals surface area contributed by atoms with Crippen LogP contribution in [0, 0.1) is 11.8 Å². The molecule has 2 aliphatic rings. The Morgan fingerprint density at radius 1 is 0.667 bits per heavy atom. The van der Waals surface area contributed by atoms with Gasteiger partial charge in [0.2, 0.25) is 0 Å². The first-order valence-electron chi connectivity index (χ1n) is 11.8. The van der Waals surface area contributed by atoms with E-state index in [0.717, 1.165) is 0 Å². The smallest absolute Gasteiger partial charge is 0.309 e. The number of carboxylic acid groups (broad SMARTS) is 2. The van der Waals surface area contributed by atoms with E-state index >= 15 is 0 Å². The Kier molecular flexibility index (Phi) is 6.45. The summed E-state index contributed by atoms with van der Waals surface area (Å²) in [7, 11) is 0. The second-order valence-electron chi connectivity index (χ2n) is 9.43. The van der Waals surface area contributed by atoms with Gasteiger partial charge in [-0.25, -0.2) is 9.36 Å². The monoisotopic (exact) mass is 498 g/mol. The molecule has 36 heavy (non-hydrogen) atoms. The summed E-state index contributed by atoms with van der Waals surface area (Å²) < 4.78 is 3.26. The Hall–Kier alpha value is -3.78. The summed E-state index contributed by atoms with van der Waals surface area (Å²) in [5.41, 5.74) is 1.98. The molecule has 14 nitrogen and oxygen atoms in total. The van der Waals surface area contributed by atoms with Gasteiger partial charge in [-0.15, -0.1) is 20.4 Å². The van der Waals surface area contributed by atoms with Crippen molar-refractivity contribution in [1.29, 1.82) is 0 Å². The Morgan fingerprint density at radius 3 is 1.42 bits per heavy atom. The van der Waals surface area contributed by atoms with Crippen molar-refractivity contribution in [2.75, 3.05) is 0 Å². The van der Waals surface area contributed by atoms with Crippen LogP contribution in [0.5, 0.6) is 0 Å². The van der Waals surface area contributed by atoms with Crippen molar-refractivity contribution in [3.63, 3.8) is 0 Å². The van der Waals surface area contributed by atoms with Crippen LogP contribution in [0.15, 0.2) is 24.5 Å². The molecule has 0 bridgehead atoms. The summed E-state index contributed by atoms with van der Waals surface area (Å²) in [6.45, 7) is 0. The fourth-order valence-electron chi connectivity index (χ4n) is 5.06. The highest BCUT2D eigenvalue weighted by Gasteiger charge is 2.36. The Labute approximate surface area is 204 Å². The molecule has 6 atom stereocenters. The van der Waals surface area contributed by atoms with Crippen LogP contribution in [-0.2, 0) is 9.59 Å². The van der Waals surface area contributed by atoms with Crippen LogP contribution in [0.4, 0.5) is 0 Å². The molecule has 3 aromatic heterocycles. The zero-order valence-corrected chi connectivity index (χ0v) is 19.2. The highest BCUT2D eigenvalue weighted by Crippen LogP contribution is 2.34. The Balaban J connectivity index is 1.24. The molecule has 2 fully saturated rings. The molecule has 2 aliphatic carbocycles. The molecular formula is C22H26N8O6. The summed E-state index contributed by atoms with van der Waals surface area (Å²) in [5, 5.41) is 63.7. The maximum absolute atomic E-state index is 11.2. The molecule has 4 N–H and O–H groups in total. The molecule has 0 amide bonds. The number of hydrogen-bond acceptors (Lipinski definition) is 10. The number of carbonyl (C=O) groups is 2. The van der Waals surface area contributed by atoms with Crippen LogP contribution in [0.3, 0.4) is 0 Å². The summed E-state index contributed by atoms with van der Waals surface area (Å²) in [5.74, 6) is -3.49. The van der Waals surface area contributed by atoms with E-state index in [1.807, 2.05) is 0 Å². The lowest BCUT2D eigenvalue weighted by atomic mass is 9.83. The predicted molar refractivity (Wildman–Crippen MR) is 120 cm³/mol. The third-order valence-electron chi connectivity index (χ3n) is 7.17. The highest BCUT2D eigenvalue weighted by molar-refractivity contribution is 5.71. The van der Waals surface area contributed by atoms with Crippen LogP contribution >= 0.6 is 0 Å². The fourth-order valence-corrected chi connectivity index (χ4v) is 5.06. The summed E-state index contributed by atoms with van der Waals surface area (Å²) in [6.07, 6.45) is 4.00. The molecule has 0 aromatic carbocycles. The van der Waals surface area contributed by atoms with Crippen molar-refractivity contribution in [2.45, 2.75) is 62.8 Å². The van der Waals surface area contributed by atoms with Crippen molar-refractivity contribution in [3.8, 4) is 22.8 Å². The third kappa shape index (κ3) is 4.68. The molecule has 5 rings (SSSR count). The van der Waals surface area contributed by atoms with Crippen LogP contribution in [0.2, 0.25) is 0 Å². The van der Waals surface area contributed by atoms with Gasteiger partial charge in [-0.3, -0.25) is 9.59 Å². The van der Waals surface area contributed by atoms with Gasteiger partial charge in [0.05, 0.1) is 48.5 Å². The predicted octanol–water partition coefficient (Wildman–Crippen LogP) is 0.567.